The second-order valence-electron chi connectivity index (χ2n) is 4.94. The van der Waals surface area contributed by atoms with E-state index >= 15 is 0 Å². The van der Waals surface area contributed by atoms with Gasteiger partial charge in [-0.05, 0) is 12.0 Å². The Labute approximate surface area is 133 Å². The monoisotopic (exact) mass is 317 g/mol. The van der Waals surface area contributed by atoms with E-state index in [0.29, 0.717) is 18.1 Å². The zero-order valence-electron chi connectivity index (χ0n) is 12.7. The molecule has 0 fully saturated rings. The van der Waals surface area contributed by atoms with E-state index < -0.39 is 0 Å². The molecule has 2 rings (SSSR count). The highest BCUT2D eigenvalue weighted by Gasteiger charge is 2.07. The van der Waals surface area contributed by atoms with E-state index in [0.717, 1.165) is 23.2 Å². The van der Waals surface area contributed by atoms with Crippen LogP contribution in [-0.4, -0.2) is 16.8 Å². The molecule has 6 heteroatoms. The van der Waals surface area contributed by atoms with E-state index in [1.165, 1.54) is 18.3 Å². The molecule has 0 aliphatic rings. The van der Waals surface area contributed by atoms with Gasteiger partial charge in [0.2, 0.25) is 11.8 Å². The van der Waals surface area contributed by atoms with E-state index in [2.05, 4.69) is 15.6 Å². The first-order valence-corrected chi connectivity index (χ1v) is 8.05. The molecule has 1 heterocycles. The van der Waals surface area contributed by atoms with Crippen molar-refractivity contribution in [1.29, 1.82) is 0 Å². The molecule has 0 radical (unpaired) electrons. The fourth-order valence-corrected chi connectivity index (χ4v) is 2.63. The summed E-state index contributed by atoms with van der Waals surface area (Å²) in [7, 11) is 0. The summed E-state index contributed by atoms with van der Waals surface area (Å²) in [4.78, 5) is 26.9. The number of carbonyl (C=O) groups excluding carboxylic acids is 2. The molecule has 1 aromatic carbocycles. The minimum absolute atomic E-state index is 0.00550. The smallest absolute Gasteiger partial charge is 0.226 e. The van der Waals surface area contributed by atoms with Crippen LogP contribution in [0.3, 0.4) is 0 Å². The highest BCUT2D eigenvalue weighted by atomic mass is 32.1. The van der Waals surface area contributed by atoms with Crippen molar-refractivity contribution in [2.45, 2.75) is 33.2 Å². The van der Waals surface area contributed by atoms with Gasteiger partial charge in [-0.15, -0.1) is 11.3 Å². The molecule has 0 saturated carbocycles. The Morgan fingerprint density at radius 3 is 2.59 bits per heavy atom. The molecule has 0 aliphatic heterocycles. The molecule has 22 heavy (non-hydrogen) atoms. The number of carbonyl (C=O) groups is 2. The Morgan fingerprint density at radius 1 is 1.23 bits per heavy atom. The molecular weight excluding hydrogens is 298 g/mol. The fourth-order valence-electron chi connectivity index (χ4n) is 1.89. The van der Waals surface area contributed by atoms with Crippen molar-refractivity contribution < 1.29 is 9.59 Å². The second kappa shape index (κ2) is 7.70. The van der Waals surface area contributed by atoms with Gasteiger partial charge in [-0.3, -0.25) is 9.59 Å². The maximum atomic E-state index is 11.6. The number of aromatic nitrogens is 1. The van der Waals surface area contributed by atoms with Crippen LogP contribution in [0, 0.1) is 0 Å². The van der Waals surface area contributed by atoms with Crippen LogP contribution in [0.4, 0.5) is 5.13 Å². The van der Waals surface area contributed by atoms with Crippen LogP contribution in [-0.2, 0) is 16.1 Å². The fraction of sp³-hybridized carbons (Fsp3) is 0.312. The van der Waals surface area contributed by atoms with Crippen molar-refractivity contribution >= 4 is 28.3 Å². The lowest BCUT2D eigenvalue weighted by atomic mass is 10.1. The zero-order valence-corrected chi connectivity index (χ0v) is 13.5. The Morgan fingerprint density at radius 2 is 1.95 bits per heavy atom. The van der Waals surface area contributed by atoms with Gasteiger partial charge in [0.1, 0.15) is 0 Å². The zero-order chi connectivity index (χ0) is 15.9. The van der Waals surface area contributed by atoms with Gasteiger partial charge in [0.05, 0.1) is 5.69 Å². The molecule has 0 bridgehead atoms. The Bertz CT molecular complexity index is 650. The van der Waals surface area contributed by atoms with E-state index in [1.807, 2.05) is 36.6 Å². The van der Waals surface area contributed by atoms with Crippen molar-refractivity contribution in [3.8, 4) is 11.3 Å². The van der Waals surface area contributed by atoms with Gasteiger partial charge < -0.3 is 10.6 Å². The molecule has 2 amide bonds. The summed E-state index contributed by atoms with van der Waals surface area (Å²) in [5, 5.41) is 8.10. The largest absolute Gasteiger partial charge is 0.352 e. The summed E-state index contributed by atoms with van der Waals surface area (Å²) in [6, 6.07) is 7.84. The van der Waals surface area contributed by atoms with Crippen LogP contribution in [0.25, 0.3) is 11.3 Å². The van der Waals surface area contributed by atoms with Crippen LogP contribution < -0.4 is 10.6 Å². The Hall–Kier alpha value is -2.21. The molecule has 116 valence electrons. The average molecular weight is 317 g/mol. The first kappa shape index (κ1) is 16.2. The van der Waals surface area contributed by atoms with Gasteiger partial charge in [0.25, 0.3) is 0 Å². The molecule has 1 aromatic heterocycles. The standard InChI is InChI=1S/C16H19N3O2S/c1-3-4-15(21)19-16-18-14(10-22-16)13-7-5-12(6-8-13)9-17-11(2)20/h5-8,10H,3-4,9H2,1-2H3,(H,17,20)(H,18,19,21). The van der Waals surface area contributed by atoms with Crippen molar-refractivity contribution in [3.05, 3.63) is 35.2 Å². The highest BCUT2D eigenvalue weighted by molar-refractivity contribution is 7.14. The average Bonchev–Trinajstić information content (AvgIpc) is 2.94. The number of nitrogens with zero attached hydrogens (tertiary/aromatic N) is 1. The summed E-state index contributed by atoms with van der Waals surface area (Å²) in [6.45, 7) is 3.98. The normalized spacial score (nSPS) is 10.3. The molecule has 0 unspecified atom stereocenters. The third kappa shape index (κ3) is 4.66. The van der Waals surface area contributed by atoms with Crippen molar-refractivity contribution in [3.63, 3.8) is 0 Å². The number of benzene rings is 1. The summed E-state index contributed by atoms with van der Waals surface area (Å²) >= 11 is 1.42. The first-order chi connectivity index (χ1) is 10.6. The molecular formula is C16H19N3O2S. The molecule has 5 nitrogen and oxygen atoms in total. The number of rotatable bonds is 6. The third-order valence-corrected chi connectivity index (χ3v) is 3.78. The summed E-state index contributed by atoms with van der Waals surface area (Å²) in [5.41, 5.74) is 2.85. The second-order valence-corrected chi connectivity index (χ2v) is 5.80. The summed E-state index contributed by atoms with van der Waals surface area (Å²) < 4.78 is 0. The number of thiazole rings is 1. The minimum Gasteiger partial charge on any atom is -0.352 e. The minimum atomic E-state index is -0.0453. The van der Waals surface area contributed by atoms with E-state index in [-0.39, 0.29) is 11.8 Å². The van der Waals surface area contributed by atoms with Crippen molar-refractivity contribution in [1.82, 2.24) is 10.3 Å². The van der Waals surface area contributed by atoms with Crippen LogP contribution in [0.15, 0.2) is 29.6 Å². The third-order valence-electron chi connectivity index (χ3n) is 3.02. The lowest BCUT2D eigenvalue weighted by Crippen LogP contribution is -2.18. The predicted octanol–water partition coefficient (Wildman–Crippen LogP) is 3.18. The lowest BCUT2D eigenvalue weighted by molar-refractivity contribution is -0.119. The van der Waals surface area contributed by atoms with Crippen LogP contribution in [0.2, 0.25) is 0 Å². The first-order valence-electron chi connectivity index (χ1n) is 7.17. The van der Waals surface area contributed by atoms with Gasteiger partial charge in [-0.1, -0.05) is 31.2 Å². The molecule has 0 saturated heterocycles. The number of anilines is 1. The van der Waals surface area contributed by atoms with E-state index in [1.54, 1.807) is 0 Å². The number of amides is 2. The maximum Gasteiger partial charge on any atom is 0.226 e. The molecule has 0 spiro atoms. The quantitative estimate of drug-likeness (QED) is 0.859. The summed E-state index contributed by atoms with van der Waals surface area (Å²) in [6.07, 6.45) is 1.33. The van der Waals surface area contributed by atoms with Gasteiger partial charge in [0, 0.05) is 30.8 Å². The van der Waals surface area contributed by atoms with Gasteiger partial charge in [0.15, 0.2) is 5.13 Å². The summed E-state index contributed by atoms with van der Waals surface area (Å²) in [5.74, 6) is -0.0508. The molecule has 0 aliphatic carbocycles. The van der Waals surface area contributed by atoms with Crippen molar-refractivity contribution in [2.75, 3.05) is 5.32 Å². The van der Waals surface area contributed by atoms with Gasteiger partial charge in [-0.25, -0.2) is 4.98 Å². The molecule has 2 aromatic rings. The maximum absolute atomic E-state index is 11.6. The number of hydrogen-bond donors (Lipinski definition) is 2. The van der Waals surface area contributed by atoms with Crippen molar-refractivity contribution in [2.24, 2.45) is 0 Å². The van der Waals surface area contributed by atoms with Crippen LogP contribution >= 0.6 is 11.3 Å². The Kier molecular flexibility index (Phi) is 5.66. The molecule has 0 atom stereocenters. The van der Waals surface area contributed by atoms with E-state index in [4.69, 9.17) is 0 Å². The topological polar surface area (TPSA) is 71.1 Å². The van der Waals surface area contributed by atoms with Gasteiger partial charge >= 0.3 is 0 Å². The Balaban J connectivity index is 2.01. The number of nitrogens with one attached hydrogen (secondary N) is 2. The van der Waals surface area contributed by atoms with Gasteiger partial charge in [-0.2, -0.15) is 0 Å². The van der Waals surface area contributed by atoms with Crippen LogP contribution in [0.5, 0.6) is 0 Å². The van der Waals surface area contributed by atoms with Crippen LogP contribution in [0.1, 0.15) is 32.3 Å². The lowest BCUT2D eigenvalue weighted by Gasteiger charge is -2.03. The predicted molar refractivity (Wildman–Crippen MR) is 88.6 cm³/mol. The number of hydrogen-bond acceptors (Lipinski definition) is 4. The van der Waals surface area contributed by atoms with E-state index in [9.17, 15) is 9.59 Å². The SMILES string of the molecule is CCCC(=O)Nc1nc(-c2ccc(CNC(C)=O)cc2)cs1. The molecule has 2 N–H and O–H groups in total. The highest BCUT2D eigenvalue weighted by Crippen LogP contribution is 2.25.